The summed E-state index contributed by atoms with van der Waals surface area (Å²) >= 11 is 2.48. The van der Waals surface area contributed by atoms with Gasteiger partial charge in [0.1, 0.15) is 0 Å². The Labute approximate surface area is 69.1 Å². The van der Waals surface area contributed by atoms with Gasteiger partial charge >= 0.3 is 68.6 Å². The first-order chi connectivity index (χ1) is 4.68. The number of rotatable bonds is 5. The molecule has 10 heavy (non-hydrogen) atoms. The van der Waals surface area contributed by atoms with Gasteiger partial charge in [0.15, 0.2) is 0 Å². The normalized spacial score (nSPS) is 13.0. The van der Waals surface area contributed by atoms with Crippen LogP contribution in [0.1, 0.15) is 19.3 Å². The molecule has 3 nitrogen and oxygen atoms in total. The minimum absolute atomic E-state index is 0.192. The Balaban J connectivity index is 3.21. The van der Waals surface area contributed by atoms with Crippen molar-refractivity contribution in [2.24, 2.45) is 11.5 Å². The number of unbranched alkanes of at least 4 members (excludes halogenated alkanes) is 1. The van der Waals surface area contributed by atoms with Crippen LogP contribution in [0.4, 0.5) is 0 Å². The van der Waals surface area contributed by atoms with Crippen LogP contribution in [0.2, 0.25) is 0 Å². The van der Waals surface area contributed by atoms with Crippen LogP contribution in [-0.2, 0) is 0 Å². The molecule has 0 radical (unpaired) electrons. The van der Waals surface area contributed by atoms with Crippen LogP contribution < -0.4 is 11.5 Å². The fraction of sp³-hybridized carbons (Fsp3) is 0.833. The van der Waals surface area contributed by atoms with E-state index < -0.39 is 0 Å². The van der Waals surface area contributed by atoms with E-state index in [2.05, 4.69) is 15.6 Å². The standard InChI is InChI=1S/C6H14N2OSe/c7-4-2-1-3-5(8)6(9)10/h5H,1-4,7-8H2,(H,9,10)/t5-/m0/s1. The first-order valence-corrected chi connectivity index (χ1v) is 4.22. The van der Waals surface area contributed by atoms with Gasteiger partial charge in [-0.2, -0.15) is 0 Å². The van der Waals surface area contributed by atoms with Crippen molar-refractivity contribution in [3.8, 4) is 0 Å². The second-order valence-electron chi connectivity index (χ2n) is 2.23. The van der Waals surface area contributed by atoms with E-state index in [0.29, 0.717) is 6.54 Å². The Morgan fingerprint density at radius 2 is 2.10 bits per heavy atom. The summed E-state index contributed by atoms with van der Waals surface area (Å²) in [7, 11) is 0. The molecule has 0 fully saturated rings. The van der Waals surface area contributed by atoms with E-state index in [9.17, 15) is 0 Å². The molecule has 0 saturated carbocycles. The van der Waals surface area contributed by atoms with Crippen LogP contribution >= 0.6 is 0 Å². The van der Waals surface area contributed by atoms with Crippen LogP contribution in [0, 0.1) is 0 Å². The molecule has 0 aliphatic carbocycles. The molecule has 0 spiro atoms. The number of aliphatic hydroxyl groups excluding tert-OH is 1. The van der Waals surface area contributed by atoms with Gasteiger partial charge < -0.3 is 0 Å². The summed E-state index contributed by atoms with van der Waals surface area (Å²) in [5.41, 5.74) is 10.8. The molecule has 0 aromatic carbocycles. The quantitative estimate of drug-likeness (QED) is 0.406. The number of hydrogen-bond donors (Lipinski definition) is 3. The maximum absolute atomic E-state index is 8.83. The van der Waals surface area contributed by atoms with Crippen LogP contribution in [0.15, 0.2) is 0 Å². The molecule has 0 bridgehead atoms. The third-order valence-electron chi connectivity index (χ3n) is 1.29. The van der Waals surface area contributed by atoms with Crippen molar-refractivity contribution in [3.05, 3.63) is 0 Å². The van der Waals surface area contributed by atoms with Crippen molar-refractivity contribution >= 4 is 20.2 Å². The van der Waals surface area contributed by atoms with Gasteiger partial charge in [0.05, 0.1) is 0 Å². The average molecular weight is 209 g/mol. The number of hydrogen-bond acceptors (Lipinski definition) is 3. The van der Waals surface area contributed by atoms with E-state index in [0.717, 1.165) is 19.3 Å². The Hall–Kier alpha value is 0.109. The van der Waals surface area contributed by atoms with Crippen LogP contribution in [0.25, 0.3) is 0 Å². The maximum atomic E-state index is 8.83. The van der Waals surface area contributed by atoms with E-state index in [1.165, 1.54) is 0 Å². The fourth-order valence-corrected chi connectivity index (χ4v) is 0.879. The summed E-state index contributed by atoms with van der Waals surface area (Å²) < 4.78 is 0.192. The Bertz CT molecular complexity index is 108. The third-order valence-corrected chi connectivity index (χ3v) is 1.92. The molecule has 0 amide bonds. The number of aliphatic hydroxyl groups is 1. The van der Waals surface area contributed by atoms with E-state index in [1.54, 1.807) is 0 Å². The Morgan fingerprint density at radius 3 is 2.50 bits per heavy atom. The topological polar surface area (TPSA) is 72.3 Å². The molecule has 0 heterocycles. The van der Waals surface area contributed by atoms with Gasteiger partial charge in [0.25, 0.3) is 0 Å². The first-order valence-electron chi connectivity index (χ1n) is 3.37. The van der Waals surface area contributed by atoms with E-state index in [4.69, 9.17) is 16.6 Å². The van der Waals surface area contributed by atoms with Gasteiger partial charge in [-0.1, -0.05) is 0 Å². The Kier molecular flexibility index (Phi) is 5.93. The molecular weight excluding hydrogens is 195 g/mol. The zero-order chi connectivity index (χ0) is 7.98. The fourth-order valence-electron chi connectivity index (χ4n) is 0.632. The zero-order valence-electron chi connectivity index (χ0n) is 5.92. The monoisotopic (exact) mass is 210 g/mol. The molecule has 0 aliphatic heterocycles. The average Bonchev–Trinajstić information content (AvgIpc) is 1.88. The summed E-state index contributed by atoms with van der Waals surface area (Å²) in [6, 6.07) is -0.216. The molecular formula is C6H14N2OSe. The zero-order valence-corrected chi connectivity index (χ0v) is 7.63. The SMILES string of the molecule is NCCCC[C@H](N)C(O)=[Se]. The molecule has 5 N–H and O–H groups in total. The van der Waals surface area contributed by atoms with Crippen LogP contribution in [0.3, 0.4) is 0 Å². The first kappa shape index (κ1) is 10.1. The third kappa shape index (κ3) is 4.94. The van der Waals surface area contributed by atoms with E-state index in [-0.39, 0.29) is 10.6 Å². The molecule has 60 valence electrons. The predicted molar refractivity (Wildman–Crippen MR) is 43.6 cm³/mol. The second-order valence-corrected chi connectivity index (χ2v) is 3.11. The van der Waals surface area contributed by atoms with E-state index in [1.807, 2.05) is 0 Å². The summed E-state index contributed by atoms with van der Waals surface area (Å²) in [4.78, 5) is 0. The summed E-state index contributed by atoms with van der Waals surface area (Å²) in [5, 5.41) is 8.83. The number of nitrogens with two attached hydrogens (primary N) is 2. The molecule has 0 rings (SSSR count). The van der Waals surface area contributed by atoms with Crippen LogP contribution in [0.5, 0.6) is 0 Å². The predicted octanol–water partition coefficient (Wildman–Crippen LogP) is -0.886. The summed E-state index contributed by atoms with van der Waals surface area (Å²) in [6.45, 7) is 0.695. The van der Waals surface area contributed by atoms with Gasteiger partial charge in [0, 0.05) is 0 Å². The van der Waals surface area contributed by atoms with Gasteiger partial charge in [-0.25, -0.2) is 0 Å². The van der Waals surface area contributed by atoms with Gasteiger partial charge in [-0.15, -0.1) is 0 Å². The molecule has 1 atom stereocenters. The molecule has 0 aromatic heterocycles. The van der Waals surface area contributed by atoms with Gasteiger partial charge in [0.2, 0.25) is 0 Å². The van der Waals surface area contributed by atoms with Crippen molar-refractivity contribution < 1.29 is 5.11 Å². The van der Waals surface area contributed by atoms with Crippen molar-refractivity contribution in [1.82, 2.24) is 0 Å². The van der Waals surface area contributed by atoms with Crippen molar-refractivity contribution in [3.63, 3.8) is 0 Å². The van der Waals surface area contributed by atoms with Gasteiger partial charge in [-0.05, 0) is 0 Å². The van der Waals surface area contributed by atoms with Crippen molar-refractivity contribution in [2.45, 2.75) is 25.3 Å². The molecule has 0 unspecified atom stereocenters. The second kappa shape index (κ2) is 5.86. The Morgan fingerprint density at radius 1 is 1.50 bits per heavy atom. The molecule has 0 aliphatic rings. The van der Waals surface area contributed by atoms with Crippen molar-refractivity contribution in [1.29, 1.82) is 0 Å². The van der Waals surface area contributed by atoms with E-state index >= 15 is 0 Å². The molecule has 4 heteroatoms. The molecule has 0 saturated heterocycles. The summed E-state index contributed by atoms with van der Waals surface area (Å²) in [6.07, 6.45) is 2.75. The molecule has 0 aromatic rings. The van der Waals surface area contributed by atoms with Gasteiger partial charge in [-0.3, -0.25) is 0 Å². The summed E-state index contributed by atoms with van der Waals surface area (Å²) in [5.74, 6) is 0. The minimum atomic E-state index is -0.216. The van der Waals surface area contributed by atoms with Crippen LogP contribution in [-0.4, -0.2) is 37.9 Å². The van der Waals surface area contributed by atoms with Crippen molar-refractivity contribution in [2.75, 3.05) is 6.54 Å².